The molecule has 1 aromatic heterocycles. The Hall–Kier alpha value is -1.49. The van der Waals surface area contributed by atoms with Crippen molar-refractivity contribution in [2.75, 3.05) is 5.32 Å². The van der Waals surface area contributed by atoms with Crippen LogP contribution in [0.5, 0.6) is 0 Å². The van der Waals surface area contributed by atoms with E-state index in [9.17, 15) is 13.2 Å². The highest BCUT2D eigenvalue weighted by molar-refractivity contribution is 7.10. The summed E-state index contributed by atoms with van der Waals surface area (Å²) in [6.45, 7) is 2.24. The summed E-state index contributed by atoms with van der Waals surface area (Å²) in [5.74, 6) is -2.76. The average Bonchev–Trinajstić information content (AvgIpc) is 2.62. The molecule has 0 aliphatic carbocycles. The molecule has 1 nitrogen and oxygen atoms in total. The number of anilines is 1. The van der Waals surface area contributed by atoms with Gasteiger partial charge in [-0.3, -0.25) is 0 Å². The first kappa shape index (κ1) is 12.0. The quantitative estimate of drug-likeness (QED) is 0.873. The highest BCUT2D eigenvalue weighted by atomic mass is 32.1. The van der Waals surface area contributed by atoms with Crippen molar-refractivity contribution >= 4 is 17.0 Å². The van der Waals surface area contributed by atoms with Gasteiger partial charge in [-0.2, -0.15) is 0 Å². The number of nitrogens with one attached hydrogen (secondary N) is 1. The third kappa shape index (κ3) is 2.61. The normalized spacial score (nSPS) is 10.6. The molecule has 0 unspecified atom stereocenters. The molecule has 1 N–H and O–H groups in total. The van der Waals surface area contributed by atoms with E-state index in [1.165, 1.54) is 11.3 Å². The van der Waals surface area contributed by atoms with Crippen molar-refractivity contribution in [2.45, 2.75) is 13.5 Å². The minimum absolute atomic E-state index is 0.292. The smallest absolute Gasteiger partial charge is 0.152 e. The van der Waals surface area contributed by atoms with E-state index in [4.69, 9.17) is 0 Å². The van der Waals surface area contributed by atoms with Crippen LogP contribution in [0.4, 0.5) is 18.9 Å². The zero-order valence-corrected chi connectivity index (χ0v) is 9.88. The molecule has 2 aromatic rings. The Kier molecular flexibility index (Phi) is 3.38. The standard InChI is InChI=1S/C12H10F3NS/c1-7-2-3-17-11(7)6-16-12-9(14)4-8(13)5-10(12)15/h2-5,16H,6H2,1H3. The van der Waals surface area contributed by atoms with Crippen LogP contribution < -0.4 is 5.32 Å². The topological polar surface area (TPSA) is 12.0 Å². The summed E-state index contributed by atoms with van der Waals surface area (Å²) < 4.78 is 39.3. The summed E-state index contributed by atoms with van der Waals surface area (Å²) >= 11 is 1.50. The van der Waals surface area contributed by atoms with Gasteiger partial charge in [0.05, 0.1) is 0 Å². The fourth-order valence-corrected chi connectivity index (χ4v) is 2.31. The monoisotopic (exact) mass is 257 g/mol. The summed E-state index contributed by atoms with van der Waals surface area (Å²) in [7, 11) is 0. The number of halogens is 3. The van der Waals surface area contributed by atoms with Crippen LogP contribution in [0.1, 0.15) is 10.4 Å². The Morgan fingerprint density at radius 3 is 2.35 bits per heavy atom. The van der Waals surface area contributed by atoms with E-state index in [0.717, 1.165) is 10.4 Å². The molecular weight excluding hydrogens is 247 g/mol. The van der Waals surface area contributed by atoms with E-state index >= 15 is 0 Å². The van der Waals surface area contributed by atoms with Gasteiger partial charge in [0, 0.05) is 23.6 Å². The molecule has 17 heavy (non-hydrogen) atoms. The molecule has 90 valence electrons. The molecule has 0 fully saturated rings. The summed E-state index contributed by atoms with van der Waals surface area (Å²) in [4.78, 5) is 0.994. The van der Waals surface area contributed by atoms with Gasteiger partial charge in [0.2, 0.25) is 0 Å². The highest BCUT2D eigenvalue weighted by Gasteiger charge is 2.11. The van der Waals surface area contributed by atoms with Gasteiger partial charge < -0.3 is 5.32 Å². The largest absolute Gasteiger partial charge is 0.375 e. The molecule has 0 radical (unpaired) electrons. The van der Waals surface area contributed by atoms with Gasteiger partial charge in [-0.15, -0.1) is 11.3 Å². The predicted molar refractivity (Wildman–Crippen MR) is 62.7 cm³/mol. The Labute approximate surface area is 101 Å². The molecule has 0 atom stereocenters. The lowest BCUT2D eigenvalue weighted by molar-refractivity contribution is 0.547. The number of hydrogen-bond donors (Lipinski definition) is 1. The van der Waals surface area contributed by atoms with Crippen LogP contribution in [-0.4, -0.2) is 0 Å². The van der Waals surface area contributed by atoms with Crippen LogP contribution in [-0.2, 0) is 6.54 Å². The van der Waals surface area contributed by atoms with Crippen LogP contribution in [0.3, 0.4) is 0 Å². The van der Waals surface area contributed by atoms with Gasteiger partial charge in [0.1, 0.15) is 11.5 Å². The molecule has 0 saturated heterocycles. The molecule has 0 bridgehead atoms. The lowest BCUT2D eigenvalue weighted by Gasteiger charge is -2.08. The van der Waals surface area contributed by atoms with E-state index in [1.807, 2.05) is 18.4 Å². The van der Waals surface area contributed by atoms with Crippen LogP contribution >= 0.6 is 11.3 Å². The second-order valence-corrected chi connectivity index (χ2v) is 4.63. The molecule has 0 amide bonds. The predicted octanol–water partition coefficient (Wildman–Crippen LogP) is 4.09. The molecular formula is C12H10F3NS. The summed E-state index contributed by atoms with van der Waals surface area (Å²) in [6, 6.07) is 3.25. The maximum absolute atomic E-state index is 13.3. The fourth-order valence-electron chi connectivity index (χ4n) is 1.46. The van der Waals surface area contributed by atoms with Crippen molar-refractivity contribution in [3.05, 3.63) is 51.5 Å². The number of aryl methyl sites for hydroxylation is 1. The third-order valence-electron chi connectivity index (χ3n) is 2.40. The first-order valence-electron chi connectivity index (χ1n) is 4.99. The van der Waals surface area contributed by atoms with E-state index < -0.39 is 17.5 Å². The van der Waals surface area contributed by atoms with Crippen molar-refractivity contribution in [1.82, 2.24) is 0 Å². The second-order valence-electron chi connectivity index (χ2n) is 3.62. The third-order valence-corrected chi connectivity index (χ3v) is 3.42. The number of hydrogen-bond acceptors (Lipinski definition) is 2. The van der Waals surface area contributed by atoms with Crippen molar-refractivity contribution in [3.8, 4) is 0 Å². The lowest BCUT2D eigenvalue weighted by atomic mass is 10.2. The first-order valence-corrected chi connectivity index (χ1v) is 5.87. The Morgan fingerprint density at radius 2 is 1.82 bits per heavy atom. The zero-order chi connectivity index (χ0) is 12.4. The van der Waals surface area contributed by atoms with Gasteiger partial charge in [-0.25, -0.2) is 13.2 Å². The maximum Gasteiger partial charge on any atom is 0.152 e. The highest BCUT2D eigenvalue weighted by Crippen LogP contribution is 2.23. The van der Waals surface area contributed by atoms with Crippen molar-refractivity contribution < 1.29 is 13.2 Å². The van der Waals surface area contributed by atoms with E-state index in [-0.39, 0.29) is 5.69 Å². The number of rotatable bonds is 3. The molecule has 2 rings (SSSR count). The average molecular weight is 257 g/mol. The summed E-state index contributed by atoms with van der Waals surface area (Å²) in [6.07, 6.45) is 0. The van der Waals surface area contributed by atoms with Gasteiger partial charge in [-0.1, -0.05) is 0 Å². The molecule has 0 saturated carbocycles. The van der Waals surface area contributed by atoms with Gasteiger partial charge in [0.15, 0.2) is 11.6 Å². The second kappa shape index (κ2) is 4.79. The summed E-state index contributed by atoms with van der Waals surface area (Å²) in [5, 5.41) is 4.55. The first-order chi connectivity index (χ1) is 8.08. The molecule has 1 aromatic carbocycles. The molecule has 5 heteroatoms. The SMILES string of the molecule is Cc1ccsc1CNc1c(F)cc(F)cc1F. The van der Waals surface area contributed by atoms with E-state index in [0.29, 0.717) is 18.7 Å². The minimum Gasteiger partial charge on any atom is -0.375 e. The van der Waals surface area contributed by atoms with Crippen molar-refractivity contribution in [3.63, 3.8) is 0 Å². The van der Waals surface area contributed by atoms with Crippen molar-refractivity contribution in [2.24, 2.45) is 0 Å². The van der Waals surface area contributed by atoms with Crippen LogP contribution in [0, 0.1) is 24.4 Å². The molecule has 0 aliphatic rings. The molecule has 0 spiro atoms. The van der Waals surface area contributed by atoms with Crippen LogP contribution in [0.15, 0.2) is 23.6 Å². The van der Waals surface area contributed by atoms with Crippen LogP contribution in [0.25, 0.3) is 0 Å². The fraction of sp³-hybridized carbons (Fsp3) is 0.167. The number of benzene rings is 1. The van der Waals surface area contributed by atoms with E-state index in [2.05, 4.69) is 5.32 Å². The lowest BCUT2D eigenvalue weighted by Crippen LogP contribution is -2.04. The Morgan fingerprint density at radius 1 is 1.18 bits per heavy atom. The van der Waals surface area contributed by atoms with Gasteiger partial charge in [-0.05, 0) is 23.9 Å². The van der Waals surface area contributed by atoms with Crippen molar-refractivity contribution in [1.29, 1.82) is 0 Å². The van der Waals surface area contributed by atoms with E-state index in [1.54, 1.807) is 0 Å². The minimum atomic E-state index is -0.920. The molecule has 0 aliphatic heterocycles. The number of thiophene rings is 1. The van der Waals surface area contributed by atoms with Gasteiger partial charge >= 0.3 is 0 Å². The zero-order valence-electron chi connectivity index (χ0n) is 9.06. The summed E-state index contributed by atoms with van der Waals surface area (Å²) in [5.41, 5.74) is 0.768. The van der Waals surface area contributed by atoms with Crippen LogP contribution in [0.2, 0.25) is 0 Å². The van der Waals surface area contributed by atoms with Gasteiger partial charge in [0.25, 0.3) is 0 Å². The maximum atomic E-state index is 13.3. The molecule has 1 heterocycles. The Bertz CT molecular complexity index is 513. The Balaban J connectivity index is 2.17.